The molecule has 0 aliphatic carbocycles. The number of hydrogen-bond acceptors (Lipinski definition) is 4. The smallest absolute Gasteiger partial charge is 0.121 e. The van der Waals surface area contributed by atoms with Gasteiger partial charge in [-0.25, -0.2) is 0 Å². The van der Waals surface area contributed by atoms with Gasteiger partial charge in [-0.05, 0) is 44.1 Å². The number of rotatable bonds is 4. The molecule has 0 saturated carbocycles. The Morgan fingerprint density at radius 3 is 1.25 bits per heavy atom. The predicted molar refractivity (Wildman–Crippen MR) is 110 cm³/mol. The Labute approximate surface area is 165 Å². The lowest BCUT2D eigenvalue weighted by Crippen LogP contribution is -2.50. The minimum absolute atomic E-state index is 0.138. The highest BCUT2D eigenvalue weighted by Crippen LogP contribution is 2.51. The number of phenols is 3. The largest absolute Gasteiger partial charge is 0.508 e. The van der Waals surface area contributed by atoms with Crippen LogP contribution in [0.5, 0.6) is 17.2 Å². The van der Waals surface area contributed by atoms with E-state index in [2.05, 4.69) is 4.90 Å². The summed E-state index contributed by atoms with van der Waals surface area (Å²) < 4.78 is 0. The molecule has 1 aliphatic heterocycles. The third-order valence-electron chi connectivity index (χ3n) is 5.71. The first-order valence-electron chi connectivity index (χ1n) is 9.76. The standard InChI is InChI=1S/C24H25NO3/c26-21-13-5-2-10-18(21)24(25-16-8-1-9-17-25,19-11-3-6-14-22(19)27)20-12-4-7-15-23(20)28/h2-7,10-15,26-28H,1,8-9,16-17H2. The molecule has 3 N–H and O–H groups in total. The average molecular weight is 375 g/mol. The van der Waals surface area contributed by atoms with Crippen LogP contribution in [0.1, 0.15) is 36.0 Å². The molecule has 3 aromatic carbocycles. The lowest BCUT2D eigenvalue weighted by Gasteiger charge is -2.47. The molecule has 0 bridgehead atoms. The topological polar surface area (TPSA) is 63.9 Å². The molecule has 1 fully saturated rings. The van der Waals surface area contributed by atoms with Crippen LogP contribution < -0.4 is 0 Å². The van der Waals surface area contributed by atoms with E-state index in [0.717, 1.165) is 32.4 Å². The molecule has 0 radical (unpaired) electrons. The number of benzene rings is 3. The van der Waals surface area contributed by atoms with E-state index < -0.39 is 5.54 Å². The van der Waals surface area contributed by atoms with E-state index in [9.17, 15) is 15.3 Å². The number of phenolic OH excluding ortho intramolecular Hbond substituents is 3. The van der Waals surface area contributed by atoms with Gasteiger partial charge in [0.1, 0.15) is 22.8 Å². The molecule has 1 saturated heterocycles. The van der Waals surface area contributed by atoms with E-state index in [-0.39, 0.29) is 17.2 Å². The molecule has 28 heavy (non-hydrogen) atoms. The fraction of sp³-hybridized carbons (Fsp3) is 0.250. The zero-order chi connectivity index (χ0) is 19.6. The minimum atomic E-state index is -0.998. The number of hydrogen-bond donors (Lipinski definition) is 3. The number of aromatic hydroxyl groups is 3. The Kier molecular flexibility index (Phi) is 4.97. The molecule has 0 atom stereocenters. The average Bonchev–Trinajstić information content (AvgIpc) is 2.73. The van der Waals surface area contributed by atoms with Crippen molar-refractivity contribution >= 4 is 0 Å². The van der Waals surface area contributed by atoms with Crippen molar-refractivity contribution in [3.05, 3.63) is 89.5 Å². The summed E-state index contributed by atoms with van der Waals surface area (Å²) in [6.07, 6.45) is 3.20. The molecular formula is C24H25NO3. The summed E-state index contributed by atoms with van der Waals surface area (Å²) in [5.41, 5.74) is 0.960. The van der Waals surface area contributed by atoms with Crippen LogP contribution in [-0.4, -0.2) is 33.3 Å². The van der Waals surface area contributed by atoms with Gasteiger partial charge >= 0.3 is 0 Å². The van der Waals surface area contributed by atoms with Crippen LogP contribution in [0.3, 0.4) is 0 Å². The van der Waals surface area contributed by atoms with Crippen LogP contribution in [0.2, 0.25) is 0 Å². The van der Waals surface area contributed by atoms with Gasteiger partial charge in [-0.3, -0.25) is 4.90 Å². The highest BCUT2D eigenvalue weighted by atomic mass is 16.3. The maximum absolute atomic E-state index is 10.9. The van der Waals surface area contributed by atoms with E-state index in [1.165, 1.54) is 0 Å². The summed E-state index contributed by atoms with van der Waals surface area (Å²) in [5.74, 6) is 0.415. The van der Waals surface area contributed by atoms with Crippen molar-refractivity contribution in [2.24, 2.45) is 0 Å². The molecule has 0 unspecified atom stereocenters. The van der Waals surface area contributed by atoms with Gasteiger partial charge < -0.3 is 15.3 Å². The van der Waals surface area contributed by atoms with E-state index >= 15 is 0 Å². The minimum Gasteiger partial charge on any atom is -0.508 e. The summed E-state index contributed by atoms with van der Waals surface area (Å²) in [6, 6.07) is 21.6. The summed E-state index contributed by atoms with van der Waals surface area (Å²) in [7, 11) is 0. The third-order valence-corrected chi connectivity index (χ3v) is 5.71. The highest BCUT2D eigenvalue weighted by molar-refractivity contribution is 5.60. The second-order valence-electron chi connectivity index (χ2n) is 7.31. The van der Waals surface area contributed by atoms with Crippen molar-refractivity contribution in [1.29, 1.82) is 0 Å². The molecule has 3 aromatic rings. The molecule has 0 aromatic heterocycles. The molecule has 4 rings (SSSR count). The number of likely N-dealkylation sites (tertiary alicyclic amines) is 1. The second kappa shape index (κ2) is 7.56. The maximum Gasteiger partial charge on any atom is 0.121 e. The van der Waals surface area contributed by atoms with Gasteiger partial charge in [0.15, 0.2) is 0 Å². The summed E-state index contributed by atoms with van der Waals surface area (Å²) in [4.78, 5) is 2.27. The van der Waals surface area contributed by atoms with Crippen LogP contribution in [0.15, 0.2) is 72.8 Å². The molecule has 1 aliphatic rings. The van der Waals surface area contributed by atoms with E-state index in [0.29, 0.717) is 16.7 Å². The fourth-order valence-electron chi connectivity index (χ4n) is 4.51. The van der Waals surface area contributed by atoms with Crippen molar-refractivity contribution < 1.29 is 15.3 Å². The SMILES string of the molecule is Oc1ccccc1C(c1ccccc1O)(c1ccccc1O)N1CCCCC1. The van der Waals surface area contributed by atoms with E-state index in [1.54, 1.807) is 36.4 Å². The van der Waals surface area contributed by atoms with Gasteiger partial charge in [0.25, 0.3) is 0 Å². The molecule has 4 nitrogen and oxygen atoms in total. The molecule has 0 amide bonds. The summed E-state index contributed by atoms with van der Waals surface area (Å²) >= 11 is 0. The van der Waals surface area contributed by atoms with Crippen LogP contribution in [0.25, 0.3) is 0 Å². The molecular weight excluding hydrogens is 350 g/mol. The van der Waals surface area contributed by atoms with Crippen LogP contribution in [0.4, 0.5) is 0 Å². The quantitative estimate of drug-likeness (QED) is 0.584. The van der Waals surface area contributed by atoms with Crippen molar-refractivity contribution in [3.63, 3.8) is 0 Å². The zero-order valence-corrected chi connectivity index (χ0v) is 15.8. The van der Waals surface area contributed by atoms with E-state index in [4.69, 9.17) is 0 Å². The Morgan fingerprint density at radius 1 is 0.536 bits per heavy atom. The maximum atomic E-state index is 10.9. The van der Waals surface area contributed by atoms with Crippen molar-refractivity contribution in [1.82, 2.24) is 4.90 Å². The van der Waals surface area contributed by atoms with Gasteiger partial charge in [0.05, 0.1) is 0 Å². The lowest BCUT2D eigenvalue weighted by atomic mass is 9.73. The summed E-state index contributed by atoms with van der Waals surface area (Å²) in [5, 5.41) is 32.7. The van der Waals surface area contributed by atoms with Gasteiger partial charge in [-0.15, -0.1) is 0 Å². The fourth-order valence-corrected chi connectivity index (χ4v) is 4.51. The zero-order valence-electron chi connectivity index (χ0n) is 15.8. The molecule has 144 valence electrons. The lowest BCUT2D eigenvalue weighted by molar-refractivity contribution is 0.121. The van der Waals surface area contributed by atoms with Crippen LogP contribution in [0, 0.1) is 0 Å². The molecule has 4 heteroatoms. The van der Waals surface area contributed by atoms with Crippen molar-refractivity contribution in [2.75, 3.05) is 13.1 Å². The second-order valence-corrected chi connectivity index (χ2v) is 7.31. The Bertz CT molecular complexity index is 852. The van der Waals surface area contributed by atoms with Crippen LogP contribution >= 0.6 is 0 Å². The Balaban J connectivity index is 2.13. The van der Waals surface area contributed by atoms with Crippen LogP contribution in [-0.2, 0) is 5.54 Å². The number of piperidine rings is 1. The van der Waals surface area contributed by atoms with E-state index in [1.807, 2.05) is 36.4 Å². The molecule has 0 spiro atoms. The number of nitrogens with zero attached hydrogens (tertiary/aromatic N) is 1. The van der Waals surface area contributed by atoms with Crippen molar-refractivity contribution in [2.45, 2.75) is 24.8 Å². The predicted octanol–water partition coefficient (Wildman–Crippen LogP) is 4.58. The highest BCUT2D eigenvalue weighted by Gasteiger charge is 2.47. The van der Waals surface area contributed by atoms with Gasteiger partial charge in [0, 0.05) is 16.7 Å². The third kappa shape index (κ3) is 2.90. The van der Waals surface area contributed by atoms with Gasteiger partial charge in [-0.1, -0.05) is 61.0 Å². The Morgan fingerprint density at radius 2 is 0.893 bits per heavy atom. The Hall–Kier alpha value is -2.98. The first kappa shape index (κ1) is 18.4. The molecule has 1 heterocycles. The number of para-hydroxylation sites is 3. The monoisotopic (exact) mass is 375 g/mol. The van der Waals surface area contributed by atoms with Crippen molar-refractivity contribution in [3.8, 4) is 17.2 Å². The first-order valence-corrected chi connectivity index (χ1v) is 9.76. The van der Waals surface area contributed by atoms with Gasteiger partial charge in [-0.2, -0.15) is 0 Å². The normalized spacial score (nSPS) is 15.4. The van der Waals surface area contributed by atoms with Gasteiger partial charge in [0.2, 0.25) is 0 Å². The first-order chi connectivity index (χ1) is 13.7. The summed E-state index contributed by atoms with van der Waals surface area (Å²) in [6.45, 7) is 1.61.